The Balaban J connectivity index is 3.70. The van der Waals surface area contributed by atoms with E-state index in [4.69, 9.17) is 5.11 Å². The van der Waals surface area contributed by atoms with Crippen LogP contribution in [-0.2, 0) is 14.4 Å². The molecule has 0 rings (SSSR count). The topological polar surface area (TPSA) is 71.4 Å². The van der Waals surface area contributed by atoms with Gasteiger partial charge < -0.3 is 5.11 Å². The van der Waals surface area contributed by atoms with Gasteiger partial charge in [0.15, 0.2) is 0 Å². The van der Waals surface area contributed by atoms with Gasteiger partial charge in [-0.15, -0.1) is 0 Å². The van der Waals surface area contributed by atoms with Crippen molar-refractivity contribution < 1.29 is 19.5 Å². The van der Waals surface area contributed by atoms with E-state index < -0.39 is 11.8 Å². The quantitative estimate of drug-likeness (QED) is 0.335. The molecule has 54 valence electrons. The van der Waals surface area contributed by atoms with Crippen LogP contribution in [0.2, 0.25) is 0 Å². The molecule has 4 heteroatoms. The van der Waals surface area contributed by atoms with Crippen molar-refractivity contribution >= 4 is 18.0 Å². The van der Waals surface area contributed by atoms with Gasteiger partial charge >= 0.3 is 5.97 Å². The number of allylic oxidation sites excluding steroid dienone is 2. The number of Topliss-reactive ketones (excluding diaryl/α,β-unsaturated/α-hetero) is 1. The summed E-state index contributed by atoms with van der Waals surface area (Å²) in [6, 6.07) is 0. The lowest BCUT2D eigenvalue weighted by atomic mass is 10.3. The molecule has 0 spiro atoms. The molecule has 0 bridgehead atoms. The first-order valence-corrected chi connectivity index (χ1v) is 2.55. The third-order valence-electron chi connectivity index (χ3n) is 0.756. The molecule has 0 aliphatic rings. The zero-order valence-corrected chi connectivity index (χ0v) is 5.11. The largest absolute Gasteiger partial charge is 0.475 e. The predicted molar refractivity (Wildman–Crippen MR) is 32.5 cm³/mol. The zero-order valence-electron chi connectivity index (χ0n) is 5.11. The summed E-state index contributed by atoms with van der Waals surface area (Å²) in [4.78, 5) is 29.7. The van der Waals surface area contributed by atoms with Crippen LogP contribution in [0.4, 0.5) is 0 Å². The lowest BCUT2D eigenvalue weighted by molar-refractivity contribution is -0.148. The lowest BCUT2D eigenvalue weighted by Gasteiger charge is -1.83. The molecule has 0 radical (unpaired) electrons. The van der Waals surface area contributed by atoms with Gasteiger partial charge in [0.25, 0.3) is 0 Å². The molecule has 0 amide bonds. The number of aliphatic carboxylic acids is 1. The Morgan fingerprint density at radius 1 is 1.40 bits per heavy atom. The second kappa shape index (κ2) is 4.43. The van der Waals surface area contributed by atoms with Gasteiger partial charge in [-0.05, 0) is 6.08 Å². The highest BCUT2D eigenvalue weighted by Gasteiger charge is 2.07. The first-order valence-electron chi connectivity index (χ1n) is 2.55. The molecular formula is C6H6O4. The Hall–Kier alpha value is -1.45. The number of aldehydes is 1. The van der Waals surface area contributed by atoms with Crippen LogP contribution in [0, 0.1) is 0 Å². The fraction of sp³-hybridized carbons (Fsp3) is 0.167. The van der Waals surface area contributed by atoms with Crippen molar-refractivity contribution in [2.45, 2.75) is 6.42 Å². The molecule has 1 N–H and O–H groups in total. The van der Waals surface area contributed by atoms with Crippen molar-refractivity contribution in [3.63, 3.8) is 0 Å². The Labute approximate surface area is 57.2 Å². The van der Waals surface area contributed by atoms with Crippen molar-refractivity contribution in [3.8, 4) is 0 Å². The summed E-state index contributed by atoms with van der Waals surface area (Å²) in [7, 11) is 0. The molecule has 0 saturated carbocycles. The molecule has 0 aromatic carbocycles. The molecule has 0 unspecified atom stereocenters. The molecule has 0 saturated heterocycles. The first kappa shape index (κ1) is 8.55. The summed E-state index contributed by atoms with van der Waals surface area (Å²) >= 11 is 0. The summed E-state index contributed by atoms with van der Waals surface area (Å²) in [5, 5.41) is 8.01. The van der Waals surface area contributed by atoms with E-state index >= 15 is 0 Å². The monoisotopic (exact) mass is 142 g/mol. The SMILES string of the molecule is O=C/C=C\CC(=O)C(=O)O. The number of carboxylic acids is 1. The van der Waals surface area contributed by atoms with Gasteiger partial charge in [-0.3, -0.25) is 9.59 Å². The third kappa shape index (κ3) is 3.54. The number of hydrogen-bond donors (Lipinski definition) is 1. The minimum atomic E-state index is -1.48. The number of carboxylic acid groups (broad SMARTS) is 1. The maximum Gasteiger partial charge on any atom is 0.372 e. The number of rotatable bonds is 4. The molecule has 0 aliphatic heterocycles. The lowest BCUT2D eigenvalue weighted by Crippen LogP contribution is -2.10. The van der Waals surface area contributed by atoms with Crippen molar-refractivity contribution in [2.75, 3.05) is 0 Å². The van der Waals surface area contributed by atoms with Crippen LogP contribution in [0.5, 0.6) is 0 Å². The van der Waals surface area contributed by atoms with Crippen LogP contribution in [0.1, 0.15) is 6.42 Å². The van der Waals surface area contributed by atoms with Crippen LogP contribution < -0.4 is 0 Å². The smallest absolute Gasteiger partial charge is 0.372 e. The van der Waals surface area contributed by atoms with E-state index in [0.717, 1.165) is 6.08 Å². The molecule has 0 heterocycles. The Morgan fingerprint density at radius 2 is 2.00 bits per heavy atom. The second-order valence-corrected chi connectivity index (χ2v) is 1.50. The van der Waals surface area contributed by atoms with Crippen molar-refractivity contribution in [2.24, 2.45) is 0 Å². The minimum absolute atomic E-state index is 0.228. The Morgan fingerprint density at radius 3 is 2.40 bits per heavy atom. The summed E-state index contributed by atoms with van der Waals surface area (Å²) < 4.78 is 0. The number of carbonyl (C=O) groups is 3. The number of hydrogen-bond acceptors (Lipinski definition) is 3. The van der Waals surface area contributed by atoms with Crippen LogP contribution in [-0.4, -0.2) is 23.1 Å². The summed E-state index contributed by atoms with van der Waals surface area (Å²) in [6.45, 7) is 0. The summed E-state index contributed by atoms with van der Waals surface area (Å²) in [5.74, 6) is -2.39. The van der Waals surface area contributed by atoms with E-state index in [1.54, 1.807) is 0 Å². The average Bonchev–Trinajstić information content (AvgIpc) is 1.88. The molecule has 10 heavy (non-hydrogen) atoms. The van der Waals surface area contributed by atoms with Gasteiger partial charge in [0.1, 0.15) is 6.29 Å². The highest BCUT2D eigenvalue weighted by Crippen LogP contribution is 1.84. The van der Waals surface area contributed by atoms with E-state index in [9.17, 15) is 14.4 Å². The molecule has 0 aromatic heterocycles. The van der Waals surface area contributed by atoms with Gasteiger partial charge in [0.2, 0.25) is 5.78 Å². The fourth-order valence-corrected chi connectivity index (χ4v) is 0.318. The maximum absolute atomic E-state index is 10.3. The average molecular weight is 142 g/mol. The van der Waals surface area contributed by atoms with Crippen molar-refractivity contribution in [1.82, 2.24) is 0 Å². The normalized spacial score (nSPS) is 9.60. The number of carbonyl (C=O) groups excluding carboxylic acids is 2. The van der Waals surface area contributed by atoms with Crippen molar-refractivity contribution in [3.05, 3.63) is 12.2 Å². The Kier molecular flexibility index (Phi) is 3.79. The number of ketones is 1. The molecule has 0 aromatic rings. The maximum atomic E-state index is 10.3. The van der Waals surface area contributed by atoms with Gasteiger partial charge in [0, 0.05) is 6.42 Å². The van der Waals surface area contributed by atoms with E-state index in [1.807, 2.05) is 0 Å². The minimum Gasteiger partial charge on any atom is -0.475 e. The highest BCUT2D eigenvalue weighted by atomic mass is 16.4. The molecular weight excluding hydrogens is 136 g/mol. The highest BCUT2D eigenvalue weighted by molar-refractivity contribution is 6.33. The molecule has 0 aliphatic carbocycles. The summed E-state index contributed by atoms with van der Waals surface area (Å²) in [6.07, 6.45) is 2.54. The molecule has 4 nitrogen and oxygen atoms in total. The van der Waals surface area contributed by atoms with Crippen LogP contribution in [0.15, 0.2) is 12.2 Å². The third-order valence-corrected chi connectivity index (χ3v) is 0.756. The zero-order chi connectivity index (χ0) is 7.98. The van der Waals surface area contributed by atoms with Gasteiger partial charge in [-0.25, -0.2) is 4.79 Å². The van der Waals surface area contributed by atoms with Gasteiger partial charge in [-0.1, -0.05) is 6.08 Å². The summed E-state index contributed by atoms with van der Waals surface area (Å²) in [5.41, 5.74) is 0. The van der Waals surface area contributed by atoms with E-state index in [2.05, 4.69) is 0 Å². The van der Waals surface area contributed by atoms with Crippen LogP contribution >= 0.6 is 0 Å². The molecule has 0 fully saturated rings. The fourth-order valence-electron chi connectivity index (χ4n) is 0.318. The standard InChI is InChI=1S/C6H6O4/c7-4-2-1-3-5(8)6(9)10/h1-2,4H,3H2,(H,9,10)/b2-1-. The second-order valence-electron chi connectivity index (χ2n) is 1.50. The molecule has 0 atom stereocenters. The van der Waals surface area contributed by atoms with E-state index in [-0.39, 0.29) is 6.42 Å². The van der Waals surface area contributed by atoms with Crippen molar-refractivity contribution in [1.29, 1.82) is 0 Å². The Bertz CT molecular complexity index is 180. The first-order chi connectivity index (χ1) is 4.68. The van der Waals surface area contributed by atoms with E-state index in [1.165, 1.54) is 6.08 Å². The van der Waals surface area contributed by atoms with Crippen LogP contribution in [0.25, 0.3) is 0 Å². The predicted octanol–water partition coefficient (Wildman–Crippen LogP) is -0.215. The van der Waals surface area contributed by atoms with Crippen LogP contribution in [0.3, 0.4) is 0 Å². The van der Waals surface area contributed by atoms with Gasteiger partial charge in [0.05, 0.1) is 0 Å². The van der Waals surface area contributed by atoms with E-state index in [0.29, 0.717) is 6.29 Å². The van der Waals surface area contributed by atoms with Gasteiger partial charge in [-0.2, -0.15) is 0 Å².